The standard InChI is InChI=1S/C19H31N3/c20-14-17-10-4-5-11-18(17)21-15-19(22-12-6-7-13-22)16-8-2-1-3-9-16/h1-3,8-9,17-19,21H,4-7,10-15,20H2. The van der Waals surface area contributed by atoms with Gasteiger partial charge in [-0.2, -0.15) is 0 Å². The highest BCUT2D eigenvalue weighted by molar-refractivity contribution is 5.19. The molecule has 1 aromatic carbocycles. The number of nitrogens with one attached hydrogen (secondary N) is 1. The second kappa shape index (κ2) is 8.09. The van der Waals surface area contributed by atoms with Crippen LogP contribution in [-0.4, -0.2) is 37.1 Å². The van der Waals surface area contributed by atoms with Gasteiger partial charge in [0.25, 0.3) is 0 Å². The normalized spacial score (nSPS) is 27.9. The van der Waals surface area contributed by atoms with Gasteiger partial charge in [-0.15, -0.1) is 0 Å². The summed E-state index contributed by atoms with van der Waals surface area (Å²) in [6.45, 7) is 4.38. The van der Waals surface area contributed by atoms with Crippen LogP contribution in [0.1, 0.15) is 50.1 Å². The van der Waals surface area contributed by atoms with E-state index in [1.807, 2.05) is 0 Å². The molecule has 3 N–H and O–H groups in total. The molecule has 3 nitrogen and oxygen atoms in total. The Bertz CT molecular complexity index is 428. The summed E-state index contributed by atoms with van der Waals surface area (Å²) >= 11 is 0. The van der Waals surface area contributed by atoms with Crippen molar-refractivity contribution in [1.82, 2.24) is 10.2 Å². The van der Waals surface area contributed by atoms with Crippen molar-refractivity contribution >= 4 is 0 Å². The molecular formula is C19H31N3. The van der Waals surface area contributed by atoms with Crippen LogP contribution < -0.4 is 11.1 Å². The topological polar surface area (TPSA) is 41.3 Å². The van der Waals surface area contributed by atoms with E-state index >= 15 is 0 Å². The van der Waals surface area contributed by atoms with Gasteiger partial charge in [0.05, 0.1) is 0 Å². The summed E-state index contributed by atoms with van der Waals surface area (Å²) in [4.78, 5) is 2.66. The first-order valence-corrected chi connectivity index (χ1v) is 9.11. The highest BCUT2D eigenvalue weighted by Crippen LogP contribution is 2.27. The van der Waals surface area contributed by atoms with Crippen LogP contribution in [0.3, 0.4) is 0 Å². The number of rotatable bonds is 6. The lowest BCUT2D eigenvalue weighted by Crippen LogP contribution is -2.45. The summed E-state index contributed by atoms with van der Waals surface area (Å²) in [6, 6.07) is 12.2. The largest absolute Gasteiger partial charge is 0.330 e. The molecule has 2 aliphatic rings. The highest BCUT2D eigenvalue weighted by atomic mass is 15.2. The van der Waals surface area contributed by atoms with Gasteiger partial charge in [-0.05, 0) is 56.8 Å². The summed E-state index contributed by atoms with van der Waals surface area (Å²) in [5, 5.41) is 3.88. The van der Waals surface area contributed by atoms with Crippen molar-refractivity contribution in [3.8, 4) is 0 Å². The second-order valence-electron chi connectivity index (χ2n) is 6.96. The monoisotopic (exact) mass is 301 g/mol. The van der Waals surface area contributed by atoms with Gasteiger partial charge in [-0.25, -0.2) is 0 Å². The third-order valence-electron chi connectivity index (χ3n) is 5.55. The Balaban J connectivity index is 1.65. The van der Waals surface area contributed by atoms with Gasteiger partial charge in [-0.1, -0.05) is 43.2 Å². The van der Waals surface area contributed by atoms with E-state index in [1.165, 1.54) is 57.2 Å². The van der Waals surface area contributed by atoms with Gasteiger partial charge < -0.3 is 11.1 Å². The van der Waals surface area contributed by atoms with Crippen molar-refractivity contribution in [2.24, 2.45) is 11.7 Å². The van der Waals surface area contributed by atoms with E-state index in [1.54, 1.807) is 0 Å². The quantitative estimate of drug-likeness (QED) is 0.849. The molecule has 1 aliphatic heterocycles. The zero-order valence-electron chi connectivity index (χ0n) is 13.7. The van der Waals surface area contributed by atoms with Crippen LogP contribution in [-0.2, 0) is 0 Å². The molecule has 3 rings (SSSR count). The minimum Gasteiger partial charge on any atom is -0.330 e. The lowest BCUT2D eigenvalue weighted by Gasteiger charge is -2.35. The molecule has 0 amide bonds. The number of hydrogen-bond donors (Lipinski definition) is 2. The minimum atomic E-state index is 0.518. The Kier molecular flexibility index (Phi) is 5.88. The average molecular weight is 301 g/mol. The molecule has 0 spiro atoms. The summed E-state index contributed by atoms with van der Waals surface area (Å²) in [5.74, 6) is 0.670. The van der Waals surface area contributed by atoms with Gasteiger partial charge in [0.1, 0.15) is 0 Å². The maximum absolute atomic E-state index is 5.98. The zero-order chi connectivity index (χ0) is 15.2. The Morgan fingerprint density at radius 2 is 1.77 bits per heavy atom. The molecule has 3 heteroatoms. The third kappa shape index (κ3) is 3.89. The molecule has 0 radical (unpaired) electrons. The summed E-state index contributed by atoms with van der Waals surface area (Å²) < 4.78 is 0. The highest BCUT2D eigenvalue weighted by Gasteiger charge is 2.27. The molecule has 1 aromatic rings. The van der Waals surface area contributed by atoms with Crippen LogP contribution >= 0.6 is 0 Å². The molecule has 3 atom stereocenters. The Morgan fingerprint density at radius 3 is 2.50 bits per heavy atom. The smallest absolute Gasteiger partial charge is 0.0472 e. The first-order chi connectivity index (χ1) is 10.9. The van der Waals surface area contributed by atoms with E-state index in [-0.39, 0.29) is 0 Å². The molecule has 0 bridgehead atoms. The summed E-state index contributed by atoms with van der Waals surface area (Å²) in [5.41, 5.74) is 7.44. The molecule has 122 valence electrons. The molecule has 1 aliphatic carbocycles. The molecule has 1 saturated heterocycles. The predicted octanol–water partition coefficient (Wildman–Crippen LogP) is 2.93. The molecule has 0 aromatic heterocycles. The number of likely N-dealkylation sites (tertiary alicyclic amines) is 1. The lowest BCUT2D eigenvalue weighted by atomic mass is 9.84. The van der Waals surface area contributed by atoms with Crippen LogP contribution in [0.2, 0.25) is 0 Å². The van der Waals surface area contributed by atoms with E-state index in [9.17, 15) is 0 Å². The first-order valence-electron chi connectivity index (χ1n) is 9.11. The van der Waals surface area contributed by atoms with Gasteiger partial charge in [0.2, 0.25) is 0 Å². The van der Waals surface area contributed by atoms with E-state index in [4.69, 9.17) is 5.73 Å². The number of nitrogens with two attached hydrogens (primary N) is 1. The van der Waals surface area contributed by atoms with Crippen LogP contribution in [0.4, 0.5) is 0 Å². The fraction of sp³-hybridized carbons (Fsp3) is 0.684. The van der Waals surface area contributed by atoms with Gasteiger partial charge in [-0.3, -0.25) is 4.90 Å². The Morgan fingerprint density at radius 1 is 1.05 bits per heavy atom. The van der Waals surface area contributed by atoms with Crippen LogP contribution in [0.15, 0.2) is 30.3 Å². The predicted molar refractivity (Wildman–Crippen MR) is 92.8 cm³/mol. The zero-order valence-corrected chi connectivity index (χ0v) is 13.7. The van der Waals surface area contributed by atoms with Crippen LogP contribution in [0, 0.1) is 5.92 Å². The van der Waals surface area contributed by atoms with Crippen molar-refractivity contribution < 1.29 is 0 Å². The molecule has 3 unspecified atom stereocenters. The number of nitrogens with zero attached hydrogens (tertiary/aromatic N) is 1. The maximum Gasteiger partial charge on any atom is 0.0472 e. The second-order valence-corrected chi connectivity index (χ2v) is 6.96. The molecule has 1 saturated carbocycles. The molecular weight excluding hydrogens is 270 g/mol. The summed E-state index contributed by atoms with van der Waals surface area (Å²) in [7, 11) is 0. The lowest BCUT2D eigenvalue weighted by molar-refractivity contribution is 0.205. The number of hydrogen-bond acceptors (Lipinski definition) is 3. The Hall–Kier alpha value is -0.900. The van der Waals surface area contributed by atoms with Crippen LogP contribution in [0.25, 0.3) is 0 Å². The molecule has 1 heterocycles. The molecule has 22 heavy (non-hydrogen) atoms. The van der Waals surface area contributed by atoms with Crippen molar-refractivity contribution in [1.29, 1.82) is 0 Å². The van der Waals surface area contributed by atoms with E-state index < -0.39 is 0 Å². The van der Waals surface area contributed by atoms with Gasteiger partial charge >= 0.3 is 0 Å². The average Bonchev–Trinajstić information content (AvgIpc) is 3.11. The maximum atomic E-state index is 5.98. The molecule has 2 fully saturated rings. The van der Waals surface area contributed by atoms with Crippen molar-refractivity contribution in [2.75, 3.05) is 26.2 Å². The first kappa shape index (κ1) is 16.0. The van der Waals surface area contributed by atoms with Gasteiger partial charge in [0, 0.05) is 18.6 Å². The van der Waals surface area contributed by atoms with Crippen LogP contribution in [0.5, 0.6) is 0 Å². The third-order valence-corrected chi connectivity index (χ3v) is 5.55. The van der Waals surface area contributed by atoms with Gasteiger partial charge in [0.15, 0.2) is 0 Å². The van der Waals surface area contributed by atoms with E-state index in [2.05, 4.69) is 40.5 Å². The van der Waals surface area contributed by atoms with Crippen molar-refractivity contribution in [3.05, 3.63) is 35.9 Å². The fourth-order valence-electron chi connectivity index (χ4n) is 4.21. The Labute approximate surface area is 135 Å². The SMILES string of the molecule is NCC1CCCCC1NCC(c1ccccc1)N1CCCC1. The summed E-state index contributed by atoms with van der Waals surface area (Å²) in [6.07, 6.45) is 8.00. The number of benzene rings is 1. The van der Waals surface area contributed by atoms with Crippen molar-refractivity contribution in [3.63, 3.8) is 0 Å². The van der Waals surface area contributed by atoms with Crippen molar-refractivity contribution in [2.45, 2.75) is 50.6 Å². The van der Waals surface area contributed by atoms with E-state index in [0.29, 0.717) is 18.0 Å². The fourth-order valence-corrected chi connectivity index (χ4v) is 4.21. The minimum absolute atomic E-state index is 0.518. The van der Waals surface area contributed by atoms with E-state index in [0.717, 1.165) is 13.1 Å².